The van der Waals surface area contributed by atoms with Gasteiger partial charge in [-0.1, -0.05) is 17.7 Å². The largest absolute Gasteiger partial charge is 0.402 e. The zero-order valence-corrected chi connectivity index (χ0v) is 30.0. The van der Waals surface area contributed by atoms with E-state index in [1.807, 2.05) is 4.90 Å². The third kappa shape index (κ3) is 8.46. The number of nitrogens with zero attached hydrogens (tertiary/aromatic N) is 6. The van der Waals surface area contributed by atoms with Gasteiger partial charge in [0.25, 0.3) is 11.8 Å². The quantitative estimate of drug-likeness (QED) is 0.235. The van der Waals surface area contributed by atoms with Crippen molar-refractivity contribution in [2.75, 3.05) is 71.9 Å². The number of benzene rings is 2. The molecule has 3 N–H and O–H groups in total. The van der Waals surface area contributed by atoms with E-state index < -0.39 is 17.5 Å². The third-order valence-corrected chi connectivity index (χ3v) is 9.63. The number of imidazole rings is 1. The number of ether oxygens (including phenoxy) is 1. The number of halogens is 3. The van der Waals surface area contributed by atoms with Crippen LogP contribution < -0.4 is 11.1 Å². The summed E-state index contributed by atoms with van der Waals surface area (Å²) in [6, 6.07) is 7.34. The molecule has 0 spiro atoms. The Morgan fingerprint density at radius 1 is 1.02 bits per heavy atom. The molecule has 0 atom stereocenters. The fraction of sp³-hybridized carbons (Fsp3) is 0.417. The first-order chi connectivity index (χ1) is 24.4. The van der Waals surface area contributed by atoms with E-state index in [0.717, 1.165) is 25.9 Å². The van der Waals surface area contributed by atoms with Gasteiger partial charge < -0.3 is 35.1 Å². The van der Waals surface area contributed by atoms with E-state index in [9.17, 15) is 14.4 Å². The number of nitrogens with one attached hydrogen (secondary N) is 1. The van der Waals surface area contributed by atoms with E-state index in [1.165, 1.54) is 55.4 Å². The third-order valence-electron chi connectivity index (χ3n) is 9.31. The van der Waals surface area contributed by atoms with Crippen molar-refractivity contribution in [2.45, 2.75) is 19.8 Å². The molecule has 0 radical (unpaired) electrons. The van der Waals surface area contributed by atoms with Crippen molar-refractivity contribution in [2.24, 2.45) is 23.7 Å². The highest BCUT2D eigenvalue weighted by Gasteiger charge is 2.31. The number of aromatic nitrogens is 2. The first-order valence-electron chi connectivity index (χ1n) is 16.7. The molecule has 3 amide bonds. The van der Waals surface area contributed by atoms with Crippen LogP contribution in [0, 0.1) is 17.6 Å². The molecule has 1 aromatic heterocycles. The van der Waals surface area contributed by atoms with Gasteiger partial charge in [-0.25, -0.2) is 13.8 Å². The van der Waals surface area contributed by atoms with Crippen molar-refractivity contribution < 1.29 is 27.9 Å². The summed E-state index contributed by atoms with van der Waals surface area (Å²) in [7, 11) is 5.10. The number of carbonyl (C=O) groups excluding carboxylic acids is 3. The zero-order chi connectivity index (χ0) is 36.8. The number of likely N-dealkylation sites (tertiary alicyclic amines) is 1. The average molecular weight is 725 g/mol. The average Bonchev–Trinajstić information content (AvgIpc) is 3.50. The van der Waals surface area contributed by atoms with Crippen LogP contribution in [0.4, 0.5) is 14.5 Å². The molecule has 3 aromatic rings. The van der Waals surface area contributed by atoms with Gasteiger partial charge in [0.15, 0.2) is 17.5 Å². The minimum atomic E-state index is -1.14. The van der Waals surface area contributed by atoms with Gasteiger partial charge in [0.2, 0.25) is 5.91 Å². The van der Waals surface area contributed by atoms with Crippen LogP contribution in [-0.4, -0.2) is 115 Å². The van der Waals surface area contributed by atoms with E-state index in [1.54, 1.807) is 17.9 Å². The minimum absolute atomic E-state index is 0.0306. The summed E-state index contributed by atoms with van der Waals surface area (Å²) in [6.07, 6.45) is 4.36. The number of amides is 3. The second-order valence-electron chi connectivity index (χ2n) is 12.8. The van der Waals surface area contributed by atoms with Crippen molar-refractivity contribution >= 4 is 46.8 Å². The lowest BCUT2D eigenvalue weighted by Crippen LogP contribution is -2.52. The van der Waals surface area contributed by atoms with E-state index in [0.29, 0.717) is 45.0 Å². The molecule has 2 aromatic carbocycles. The standard InChI is InChI=1S/C36H43ClF2N8O4/c1-22(40)28(20-41-11-18-51-4)25-7-8-27(32(39)31(25)38)30-21-42-33(45(30)3)34(48)43-24-5-6-26(29(37)19-24)36(50)47-16-14-46(15-17-47)35(49)23-9-12-44(2)13-10-23/h5-8,19-21,23H,9-18,40H2,1-4H3,(H,43,48)/b28-22+,41-20?. The van der Waals surface area contributed by atoms with Crippen LogP contribution in [0.25, 0.3) is 16.8 Å². The molecule has 3 heterocycles. The Kier molecular flexibility index (Phi) is 12.2. The van der Waals surface area contributed by atoms with Gasteiger partial charge in [0, 0.05) is 80.6 Å². The molecule has 0 bridgehead atoms. The fourth-order valence-corrected chi connectivity index (χ4v) is 6.54. The molecule has 0 saturated carbocycles. The Hall–Kier alpha value is -4.66. The number of hydrogen-bond acceptors (Lipinski definition) is 8. The number of piperazine rings is 1. The molecule has 0 unspecified atom stereocenters. The van der Waals surface area contributed by atoms with E-state index in [2.05, 4.69) is 27.2 Å². The van der Waals surface area contributed by atoms with Crippen LogP contribution in [0.3, 0.4) is 0 Å². The van der Waals surface area contributed by atoms with Gasteiger partial charge in [0.05, 0.1) is 35.6 Å². The van der Waals surface area contributed by atoms with Crippen LogP contribution in [-0.2, 0) is 16.6 Å². The van der Waals surface area contributed by atoms with E-state index >= 15 is 8.78 Å². The molecule has 51 heavy (non-hydrogen) atoms. The SMILES string of the molecule is COCCN=C/C(=C(/C)N)c1ccc(-c2cnc(C(=O)Nc3ccc(C(=O)N4CCN(C(=O)C5CCN(C)CC5)CC4)c(Cl)c3)n2C)c(F)c1F. The monoisotopic (exact) mass is 724 g/mol. The number of hydrogen-bond donors (Lipinski definition) is 2. The molecule has 2 aliphatic rings. The number of piperidine rings is 1. The number of aliphatic imine (C=N–C) groups is 1. The summed E-state index contributed by atoms with van der Waals surface area (Å²) in [5.41, 5.74) is 7.03. The van der Waals surface area contributed by atoms with Gasteiger partial charge in [0.1, 0.15) is 0 Å². The van der Waals surface area contributed by atoms with Crippen molar-refractivity contribution in [3.05, 3.63) is 75.8 Å². The number of methoxy groups -OCH3 is 1. The van der Waals surface area contributed by atoms with Gasteiger partial charge in [-0.2, -0.15) is 0 Å². The second-order valence-corrected chi connectivity index (χ2v) is 13.2. The lowest BCUT2D eigenvalue weighted by atomic mass is 9.95. The number of rotatable bonds is 10. The maximum Gasteiger partial charge on any atom is 0.291 e. The smallest absolute Gasteiger partial charge is 0.291 e. The molecule has 2 aliphatic heterocycles. The van der Waals surface area contributed by atoms with Gasteiger partial charge >= 0.3 is 0 Å². The first-order valence-corrected chi connectivity index (χ1v) is 17.1. The molecule has 2 saturated heterocycles. The highest BCUT2D eigenvalue weighted by Crippen LogP contribution is 2.31. The van der Waals surface area contributed by atoms with E-state index in [4.69, 9.17) is 22.1 Å². The number of allylic oxidation sites excluding steroid dienone is 2. The van der Waals surface area contributed by atoms with Crippen LogP contribution in [0.15, 0.2) is 47.2 Å². The Morgan fingerprint density at radius 3 is 2.33 bits per heavy atom. The first kappa shape index (κ1) is 37.6. The Labute approximate surface area is 300 Å². The van der Waals surface area contributed by atoms with Crippen molar-refractivity contribution in [3.8, 4) is 11.3 Å². The Morgan fingerprint density at radius 2 is 1.69 bits per heavy atom. The summed E-state index contributed by atoms with van der Waals surface area (Å²) in [4.78, 5) is 53.7. The Bertz CT molecular complexity index is 1840. The molecular weight excluding hydrogens is 682 g/mol. The Balaban J connectivity index is 1.23. The topological polar surface area (TPSA) is 138 Å². The van der Waals surface area contributed by atoms with Crippen LogP contribution in [0.1, 0.15) is 46.3 Å². The molecule has 5 rings (SSSR count). The highest BCUT2D eigenvalue weighted by molar-refractivity contribution is 6.34. The number of anilines is 1. The van der Waals surface area contributed by atoms with Gasteiger partial charge in [-0.3, -0.25) is 19.4 Å². The lowest BCUT2D eigenvalue weighted by Gasteiger charge is -2.38. The minimum Gasteiger partial charge on any atom is -0.402 e. The maximum atomic E-state index is 15.5. The summed E-state index contributed by atoms with van der Waals surface area (Å²) >= 11 is 6.52. The molecular formula is C36H43ClF2N8O4. The zero-order valence-electron chi connectivity index (χ0n) is 29.2. The van der Waals surface area contributed by atoms with E-state index in [-0.39, 0.29) is 62.2 Å². The predicted octanol–water partition coefficient (Wildman–Crippen LogP) is 4.30. The van der Waals surface area contributed by atoms with Crippen molar-refractivity contribution in [3.63, 3.8) is 0 Å². The predicted molar refractivity (Wildman–Crippen MR) is 193 cm³/mol. The molecule has 12 nitrogen and oxygen atoms in total. The molecule has 272 valence electrons. The second kappa shape index (κ2) is 16.6. The summed E-state index contributed by atoms with van der Waals surface area (Å²) < 4.78 is 37.2. The van der Waals surface area contributed by atoms with Crippen LogP contribution in [0.5, 0.6) is 0 Å². The van der Waals surface area contributed by atoms with Crippen molar-refractivity contribution in [1.29, 1.82) is 0 Å². The number of carbonyl (C=O) groups is 3. The summed E-state index contributed by atoms with van der Waals surface area (Å²) in [5.74, 6) is -3.02. The highest BCUT2D eigenvalue weighted by atomic mass is 35.5. The fourth-order valence-electron chi connectivity index (χ4n) is 6.28. The number of nitrogens with two attached hydrogens (primary N) is 1. The van der Waals surface area contributed by atoms with Crippen molar-refractivity contribution in [1.82, 2.24) is 24.3 Å². The summed E-state index contributed by atoms with van der Waals surface area (Å²) in [5, 5.41) is 2.85. The summed E-state index contributed by atoms with van der Waals surface area (Å²) in [6.45, 7) is 5.78. The van der Waals surface area contributed by atoms with Crippen LogP contribution >= 0.6 is 11.6 Å². The molecule has 15 heteroatoms. The van der Waals surface area contributed by atoms with Crippen LogP contribution in [0.2, 0.25) is 5.02 Å². The maximum absolute atomic E-state index is 15.5. The van der Waals surface area contributed by atoms with Gasteiger partial charge in [-0.15, -0.1) is 0 Å². The normalized spacial score (nSPS) is 16.5. The van der Waals surface area contributed by atoms with Gasteiger partial charge in [-0.05, 0) is 64.2 Å². The lowest BCUT2D eigenvalue weighted by molar-refractivity contribution is -0.138. The molecule has 2 fully saturated rings. The molecule has 0 aliphatic carbocycles.